The number of hydrogen-bond donors (Lipinski definition) is 1. The van der Waals surface area contributed by atoms with Gasteiger partial charge in [-0.25, -0.2) is 5.10 Å². The van der Waals surface area contributed by atoms with Gasteiger partial charge in [0.1, 0.15) is 4.47 Å². The van der Waals surface area contributed by atoms with Gasteiger partial charge in [-0.2, -0.15) is 5.10 Å². The number of piperazine rings is 1. The molecule has 23 heavy (non-hydrogen) atoms. The van der Waals surface area contributed by atoms with Gasteiger partial charge in [0.15, 0.2) is 0 Å². The van der Waals surface area contributed by atoms with E-state index >= 15 is 0 Å². The molecule has 0 spiro atoms. The maximum absolute atomic E-state index is 11.7. The first-order valence-corrected chi connectivity index (χ1v) is 8.71. The Kier molecular flexibility index (Phi) is 3.73. The fourth-order valence-electron chi connectivity index (χ4n) is 3.72. The van der Waals surface area contributed by atoms with Crippen LogP contribution in [-0.4, -0.2) is 40.3 Å². The predicted molar refractivity (Wildman–Crippen MR) is 93.7 cm³/mol. The lowest BCUT2D eigenvalue weighted by molar-refractivity contribution is -0.00864. The molecule has 3 aliphatic heterocycles. The zero-order valence-electron chi connectivity index (χ0n) is 13.0. The molecular formula is C17H19BrN4O. The summed E-state index contributed by atoms with van der Waals surface area (Å²) in [6, 6.07) is 9.71. The monoisotopic (exact) mass is 374 g/mol. The number of aromatic nitrogens is 2. The summed E-state index contributed by atoms with van der Waals surface area (Å²) in [6.07, 6.45) is 2.98. The van der Waals surface area contributed by atoms with Gasteiger partial charge in [-0.1, -0.05) is 24.3 Å². The Bertz CT molecular complexity index is 778. The van der Waals surface area contributed by atoms with Gasteiger partial charge in [-0.15, -0.1) is 0 Å². The molecule has 2 atom stereocenters. The number of H-pyrrole nitrogens is 1. The van der Waals surface area contributed by atoms with Crippen molar-refractivity contribution in [3.8, 4) is 0 Å². The summed E-state index contributed by atoms with van der Waals surface area (Å²) in [6.45, 7) is 5.10. The maximum Gasteiger partial charge on any atom is 0.280 e. The second-order valence-corrected chi connectivity index (χ2v) is 7.24. The van der Waals surface area contributed by atoms with Gasteiger partial charge in [0.05, 0.1) is 11.9 Å². The smallest absolute Gasteiger partial charge is 0.280 e. The molecule has 5 nitrogen and oxygen atoms in total. The van der Waals surface area contributed by atoms with Crippen molar-refractivity contribution in [1.29, 1.82) is 0 Å². The molecule has 1 N–H and O–H groups in total. The highest BCUT2D eigenvalue weighted by Crippen LogP contribution is 2.37. The summed E-state index contributed by atoms with van der Waals surface area (Å²) in [5.41, 5.74) is 3.50. The summed E-state index contributed by atoms with van der Waals surface area (Å²) in [4.78, 5) is 16.6. The molecule has 1 aromatic heterocycles. The summed E-state index contributed by atoms with van der Waals surface area (Å²) >= 11 is 3.39. The van der Waals surface area contributed by atoms with E-state index in [-0.39, 0.29) is 5.56 Å². The maximum atomic E-state index is 11.7. The van der Waals surface area contributed by atoms with Gasteiger partial charge >= 0.3 is 0 Å². The summed E-state index contributed by atoms with van der Waals surface area (Å²) < 4.78 is 0.583. The van der Waals surface area contributed by atoms with Crippen LogP contribution in [0.1, 0.15) is 17.5 Å². The highest BCUT2D eigenvalue weighted by Gasteiger charge is 2.44. The third kappa shape index (κ3) is 2.60. The number of hydrogen-bond acceptors (Lipinski definition) is 4. The fourth-order valence-corrected chi connectivity index (χ4v) is 4.16. The van der Waals surface area contributed by atoms with Crippen molar-refractivity contribution in [3.63, 3.8) is 0 Å². The lowest BCUT2D eigenvalue weighted by Gasteiger charge is -2.57. The van der Waals surface area contributed by atoms with Crippen LogP contribution in [0.5, 0.6) is 0 Å². The topological polar surface area (TPSA) is 52.2 Å². The van der Waals surface area contributed by atoms with Crippen molar-refractivity contribution in [2.45, 2.75) is 32.0 Å². The van der Waals surface area contributed by atoms with Gasteiger partial charge in [0, 0.05) is 31.7 Å². The van der Waals surface area contributed by atoms with E-state index in [2.05, 4.69) is 67.1 Å². The Morgan fingerprint density at radius 1 is 1.30 bits per heavy atom. The molecule has 6 heteroatoms. The zero-order valence-corrected chi connectivity index (χ0v) is 14.6. The molecule has 2 bridgehead atoms. The van der Waals surface area contributed by atoms with Crippen LogP contribution in [-0.2, 0) is 6.54 Å². The van der Waals surface area contributed by atoms with Crippen LogP contribution in [0.25, 0.3) is 0 Å². The van der Waals surface area contributed by atoms with Crippen molar-refractivity contribution in [2.24, 2.45) is 0 Å². The molecule has 120 valence electrons. The summed E-state index contributed by atoms with van der Waals surface area (Å²) in [5, 5.41) is 6.40. The minimum Gasteiger partial charge on any atom is -0.366 e. The van der Waals surface area contributed by atoms with Crippen molar-refractivity contribution < 1.29 is 0 Å². The molecule has 3 saturated heterocycles. The third-order valence-corrected chi connectivity index (χ3v) is 5.84. The second-order valence-electron chi connectivity index (χ2n) is 6.45. The van der Waals surface area contributed by atoms with E-state index in [0.717, 1.165) is 25.3 Å². The average molecular weight is 375 g/mol. The van der Waals surface area contributed by atoms with Gasteiger partial charge < -0.3 is 4.90 Å². The SMILES string of the molecule is Cc1ccccc1CN1C2CC1CN(c1cn[nH]c(=O)c1Br)C2. The molecule has 2 unspecified atom stereocenters. The van der Waals surface area contributed by atoms with E-state index in [4.69, 9.17) is 0 Å². The Morgan fingerprint density at radius 2 is 2.04 bits per heavy atom. The number of nitrogens with zero attached hydrogens (tertiary/aromatic N) is 3. The number of anilines is 1. The van der Waals surface area contributed by atoms with Crippen LogP contribution in [0.3, 0.4) is 0 Å². The van der Waals surface area contributed by atoms with Gasteiger partial charge in [0.25, 0.3) is 5.56 Å². The van der Waals surface area contributed by atoms with Crippen molar-refractivity contribution >= 4 is 21.6 Å². The Morgan fingerprint density at radius 3 is 2.78 bits per heavy atom. The summed E-state index contributed by atoms with van der Waals surface area (Å²) in [5.74, 6) is 0. The molecule has 5 rings (SSSR count). The van der Waals surface area contributed by atoms with E-state index in [0.29, 0.717) is 16.6 Å². The van der Waals surface area contributed by atoms with Crippen LogP contribution in [0.4, 0.5) is 5.69 Å². The largest absolute Gasteiger partial charge is 0.366 e. The number of aryl methyl sites for hydroxylation is 1. The molecule has 2 aromatic rings. The Hall–Kier alpha value is -1.66. The lowest BCUT2D eigenvalue weighted by atomic mass is 9.86. The van der Waals surface area contributed by atoms with Crippen LogP contribution in [0.15, 0.2) is 39.7 Å². The van der Waals surface area contributed by atoms with Crippen LogP contribution in [0, 0.1) is 6.92 Å². The standard InChI is InChI=1S/C17H19BrN4O/c1-11-4-2-3-5-12(11)8-22-13-6-14(22)10-21(9-13)15-7-19-20-17(23)16(15)18/h2-5,7,13-14H,6,8-10H2,1H3,(H,20,23). The minimum atomic E-state index is -0.168. The first-order valence-electron chi connectivity index (χ1n) is 7.92. The van der Waals surface area contributed by atoms with Crippen LogP contribution in [0.2, 0.25) is 0 Å². The minimum absolute atomic E-state index is 0.168. The molecule has 1 aromatic carbocycles. The molecule has 3 aliphatic rings. The van der Waals surface area contributed by atoms with Crippen molar-refractivity contribution in [1.82, 2.24) is 15.1 Å². The molecule has 3 fully saturated rings. The van der Waals surface area contributed by atoms with E-state index in [1.54, 1.807) is 6.20 Å². The van der Waals surface area contributed by atoms with Gasteiger partial charge in [-0.3, -0.25) is 9.69 Å². The predicted octanol–water partition coefficient (Wildman–Crippen LogP) is 2.30. The fraction of sp³-hybridized carbons (Fsp3) is 0.412. The second kappa shape index (κ2) is 5.76. The highest BCUT2D eigenvalue weighted by atomic mass is 79.9. The quantitative estimate of drug-likeness (QED) is 0.895. The highest BCUT2D eigenvalue weighted by molar-refractivity contribution is 9.10. The van der Waals surface area contributed by atoms with Gasteiger partial charge in [-0.05, 0) is 40.4 Å². The van der Waals surface area contributed by atoms with Gasteiger partial charge in [0.2, 0.25) is 0 Å². The number of piperidine rings is 1. The number of nitrogens with one attached hydrogen (secondary N) is 1. The normalized spacial score (nSPS) is 23.7. The number of halogens is 1. The third-order valence-electron chi connectivity index (χ3n) is 5.08. The van der Waals surface area contributed by atoms with Crippen molar-refractivity contribution in [3.05, 3.63) is 56.4 Å². The van der Waals surface area contributed by atoms with E-state index < -0.39 is 0 Å². The van der Waals surface area contributed by atoms with E-state index in [9.17, 15) is 4.79 Å². The average Bonchev–Trinajstić information content (AvgIpc) is 2.56. The molecular weight excluding hydrogens is 356 g/mol. The van der Waals surface area contributed by atoms with Crippen LogP contribution >= 0.6 is 15.9 Å². The molecule has 0 saturated carbocycles. The molecule has 0 radical (unpaired) electrons. The lowest BCUT2D eigenvalue weighted by Crippen LogP contribution is -2.68. The number of benzene rings is 1. The molecule has 0 aliphatic carbocycles. The number of aromatic amines is 1. The number of rotatable bonds is 3. The first kappa shape index (κ1) is 14.9. The van der Waals surface area contributed by atoms with E-state index in [1.165, 1.54) is 17.5 Å². The molecule has 4 heterocycles. The van der Waals surface area contributed by atoms with E-state index in [1.807, 2.05) is 0 Å². The summed E-state index contributed by atoms with van der Waals surface area (Å²) in [7, 11) is 0. The first-order chi connectivity index (χ1) is 11.1. The van der Waals surface area contributed by atoms with Crippen LogP contribution < -0.4 is 10.5 Å². The zero-order chi connectivity index (χ0) is 16.0. The van der Waals surface area contributed by atoms with Crippen molar-refractivity contribution in [2.75, 3.05) is 18.0 Å². The molecule has 0 amide bonds. The Labute approximate surface area is 143 Å². The number of fused-ring (bicyclic) bond motifs is 2. The Balaban J connectivity index is 1.49.